The molecular formula is C18H24F3N5O2. The highest BCUT2D eigenvalue weighted by atomic mass is 19.4. The quantitative estimate of drug-likeness (QED) is 0.802. The summed E-state index contributed by atoms with van der Waals surface area (Å²) in [6.07, 6.45) is -4.44. The van der Waals surface area contributed by atoms with Crippen molar-refractivity contribution >= 4 is 17.0 Å². The second-order valence-electron chi connectivity index (χ2n) is 7.27. The Morgan fingerprint density at radius 3 is 2.64 bits per heavy atom. The number of nitrogens with one attached hydrogen (secondary N) is 2. The molecule has 1 aliphatic rings. The lowest BCUT2D eigenvalue weighted by atomic mass is 10.0. The molecule has 28 heavy (non-hydrogen) atoms. The number of nitrogens with zero attached hydrogens (tertiary/aromatic N) is 3. The maximum absolute atomic E-state index is 13.5. The standard InChI is InChI=1S/C18H24F3N5O2/c1-10(2)15-14-12(8-11(3)24-17(14)28-25-15)16(27)23-9-13(18(19,20)21)26-6-4-22-5-7-26/h8,10,13,22H,4-7,9H2,1-3H3,(H,23,27). The average Bonchev–Trinajstić information content (AvgIpc) is 3.04. The molecule has 1 fully saturated rings. The third-order valence-corrected chi connectivity index (χ3v) is 4.82. The van der Waals surface area contributed by atoms with Crippen LogP contribution in [0.15, 0.2) is 10.6 Å². The van der Waals surface area contributed by atoms with Gasteiger partial charge in [-0.3, -0.25) is 9.69 Å². The van der Waals surface area contributed by atoms with Crippen LogP contribution in [-0.2, 0) is 0 Å². The molecule has 1 amide bonds. The molecule has 2 aromatic rings. The predicted molar refractivity (Wildman–Crippen MR) is 97.2 cm³/mol. The Balaban J connectivity index is 1.84. The van der Waals surface area contributed by atoms with Crippen molar-refractivity contribution < 1.29 is 22.5 Å². The van der Waals surface area contributed by atoms with Crippen molar-refractivity contribution in [2.75, 3.05) is 32.7 Å². The fourth-order valence-electron chi connectivity index (χ4n) is 3.40. The summed E-state index contributed by atoms with van der Waals surface area (Å²) in [6, 6.07) is -0.183. The number of amides is 1. The van der Waals surface area contributed by atoms with Gasteiger partial charge in [0, 0.05) is 38.4 Å². The van der Waals surface area contributed by atoms with Crippen molar-refractivity contribution in [3.8, 4) is 0 Å². The highest BCUT2D eigenvalue weighted by Gasteiger charge is 2.44. The van der Waals surface area contributed by atoms with Crippen LogP contribution in [0.5, 0.6) is 0 Å². The van der Waals surface area contributed by atoms with Gasteiger partial charge in [-0.15, -0.1) is 0 Å². The first-order valence-electron chi connectivity index (χ1n) is 9.25. The minimum atomic E-state index is -4.44. The fraction of sp³-hybridized carbons (Fsp3) is 0.611. The Morgan fingerprint density at radius 2 is 2.04 bits per heavy atom. The lowest BCUT2D eigenvalue weighted by molar-refractivity contribution is -0.183. The van der Waals surface area contributed by atoms with Gasteiger partial charge in [-0.25, -0.2) is 4.98 Å². The molecule has 1 saturated heterocycles. The highest BCUT2D eigenvalue weighted by Crippen LogP contribution is 2.28. The van der Waals surface area contributed by atoms with Crippen molar-refractivity contribution in [3.63, 3.8) is 0 Å². The minimum absolute atomic E-state index is 0.0268. The molecule has 0 saturated carbocycles. The zero-order valence-electron chi connectivity index (χ0n) is 16.1. The molecule has 1 unspecified atom stereocenters. The predicted octanol–water partition coefficient (Wildman–Crippen LogP) is 2.22. The van der Waals surface area contributed by atoms with E-state index in [0.717, 1.165) is 0 Å². The van der Waals surface area contributed by atoms with E-state index in [1.807, 2.05) is 13.8 Å². The number of fused-ring (bicyclic) bond motifs is 1. The van der Waals surface area contributed by atoms with Crippen LogP contribution in [-0.4, -0.2) is 65.9 Å². The number of carbonyl (C=O) groups is 1. The molecule has 0 aromatic carbocycles. The van der Waals surface area contributed by atoms with Gasteiger partial charge in [0.05, 0.1) is 16.6 Å². The van der Waals surface area contributed by atoms with Crippen LogP contribution in [0.4, 0.5) is 13.2 Å². The summed E-state index contributed by atoms with van der Waals surface area (Å²) in [5, 5.41) is 9.91. The zero-order chi connectivity index (χ0) is 20.5. The Labute approximate surface area is 160 Å². The molecule has 0 spiro atoms. The Bertz CT molecular complexity index is 844. The summed E-state index contributed by atoms with van der Waals surface area (Å²) in [6.45, 7) is 6.49. The molecule has 2 N–H and O–H groups in total. The molecule has 2 aromatic heterocycles. The van der Waals surface area contributed by atoms with Crippen molar-refractivity contribution in [2.24, 2.45) is 0 Å². The van der Waals surface area contributed by atoms with Gasteiger partial charge < -0.3 is 15.2 Å². The van der Waals surface area contributed by atoms with Crippen LogP contribution in [0, 0.1) is 6.92 Å². The Morgan fingerprint density at radius 1 is 1.36 bits per heavy atom. The average molecular weight is 399 g/mol. The van der Waals surface area contributed by atoms with E-state index in [2.05, 4.69) is 20.8 Å². The lowest BCUT2D eigenvalue weighted by Gasteiger charge is -2.35. The summed E-state index contributed by atoms with van der Waals surface area (Å²) < 4.78 is 45.9. The lowest BCUT2D eigenvalue weighted by Crippen LogP contribution is -2.57. The largest absolute Gasteiger partial charge is 0.405 e. The van der Waals surface area contributed by atoms with E-state index >= 15 is 0 Å². The van der Waals surface area contributed by atoms with Gasteiger partial charge in [0.2, 0.25) is 0 Å². The first kappa shape index (κ1) is 20.5. The summed E-state index contributed by atoms with van der Waals surface area (Å²) in [5.41, 5.74) is 1.53. The topological polar surface area (TPSA) is 83.3 Å². The first-order chi connectivity index (χ1) is 13.2. The fourth-order valence-corrected chi connectivity index (χ4v) is 3.40. The second kappa shape index (κ2) is 8.04. The zero-order valence-corrected chi connectivity index (χ0v) is 16.1. The third-order valence-electron chi connectivity index (χ3n) is 4.82. The van der Waals surface area contributed by atoms with Gasteiger partial charge in [-0.2, -0.15) is 13.2 Å². The highest BCUT2D eigenvalue weighted by molar-refractivity contribution is 6.06. The van der Waals surface area contributed by atoms with Crippen LogP contribution >= 0.6 is 0 Å². The summed E-state index contributed by atoms with van der Waals surface area (Å²) in [4.78, 5) is 18.4. The number of alkyl halides is 3. The molecule has 1 atom stereocenters. The normalized spacial score (nSPS) is 17.2. The molecule has 10 heteroatoms. The number of hydrogen-bond acceptors (Lipinski definition) is 6. The van der Waals surface area contributed by atoms with Crippen molar-refractivity contribution in [2.45, 2.75) is 38.9 Å². The van der Waals surface area contributed by atoms with Crippen molar-refractivity contribution in [1.29, 1.82) is 0 Å². The first-order valence-corrected chi connectivity index (χ1v) is 9.25. The van der Waals surface area contributed by atoms with Crippen molar-refractivity contribution in [3.05, 3.63) is 23.0 Å². The molecule has 0 bridgehead atoms. The van der Waals surface area contributed by atoms with E-state index in [4.69, 9.17) is 4.52 Å². The van der Waals surface area contributed by atoms with Gasteiger partial charge >= 0.3 is 6.18 Å². The number of aromatic nitrogens is 2. The molecule has 0 radical (unpaired) electrons. The van der Waals surface area contributed by atoms with E-state index in [9.17, 15) is 18.0 Å². The molecule has 0 aliphatic carbocycles. The van der Waals surface area contributed by atoms with E-state index in [-0.39, 0.29) is 30.3 Å². The number of halogens is 3. The molecule has 7 nitrogen and oxygen atoms in total. The maximum Gasteiger partial charge on any atom is 0.405 e. The molecular weight excluding hydrogens is 375 g/mol. The molecule has 3 heterocycles. The van der Waals surface area contributed by atoms with Crippen LogP contribution in [0.1, 0.15) is 41.5 Å². The monoisotopic (exact) mass is 399 g/mol. The van der Waals surface area contributed by atoms with Gasteiger partial charge in [0.1, 0.15) is 6.04 Å². The van der Waals surface area contributed by atoms with Crippen LogP contribution in [0.2, 0.25) is 0 Å². The summed E-state index contributed by atoms with van der Waals surface area (Å²) >= 11 is 0. The van der Waals surface area contributed by atoms with Crippen molar-refractivity contribution in [1.82, 2.24) is 25.7 Å². The molecule has 154 valence electrons. The minimum Gasteiger partial charge on any atom is -0.350 e. The Kier molecular flexibility index (Phi) is 5.90. The van der Waals surface area contributed by atoms with Crippen LogP contribution in [0.3, 0.4) is 0 Å². The number of rotatable bonds is 5. The maximum atomic E-state index is 13.5. The van der Waals surface area contributed by atoms with E-state index in [1.54, 1.807) is 13.0 Å². The SMILES string of the molecule is Cc1cc(C(=O)NCC(N2CCNCC2)C(F)(F)F)c2c(C(C)C)noc2n1. The second-order valence-corrected chi connectivity index (χ2v) is 7.27. The van der Waals surface area contributed by atoms with E-state index in [0.29, 0.717) is 29.9 Å². The van der Waals surface area contributed by atoms with Crippen LogP contribution < -0.4 is 10.6 Å². The van der Waals surface area contributed by atoms with Gasteiger partial charge in [0.15, 0.2) is 0 Å². The smallest absolute Gasteiger partial charge is 0.350 e. The van der Waals surface area contributed by atoms with E-state index in [1.165, 1.54) is 4.90 Å². The van der Waals surface area contributed by atoms with E-state index < -0.39 is 24.7 Å². The van der Waals surface area contributed by atoms with Gasteiger partial charge in [-0.1, -0.05) is 19.0 Å². The number of hydrogen-bond donors (Lipinski definition) is 2. The molecule has 1 aliphatic heterocycles. The number of piperazine rings is 1. The summed E-state index contributed by atoms with van der Waals surface area (Å²) in [5.74, 6) is -0.619. The summed E-state index contributed by atoms with van der Waals surface area (Å²) in [7, 11) is 0. The Hall–Kier alpha value is -2.20. The van der Waals surface area contributed by atoms with Crippen LogP contribution in [0.25, 0.3) is 11.1 Å². The van der Waals surface area contributed by atoms with Gasteiger partial charge in [0.25, 0.3) is 11.6 Å². The van der Waals surface area contributed by atoms with Gasteiger partial charge in [-0.05, 0) is 18.9 Å². The third kappa shape index (κ3) is 4.27. The number of pyridine rings is 1. The number of carbonyl (C=O) groups excluding carboxylic acids is 1. The number of aryl methyl sites for hydroxylation is 1. The molecule has 3 rings (SSSR count).